The fourth-order valence-corrected chi connectivity index (χ4v) is 4.84. The van der Waals surface area contributed by atoms with E-state index >= 15 is 0 Å². The molecule has 2 saturated heterocycles. The van der Waals surface area contributed by atoms with E-state index in [-0.39, 0.29) is 23.5 Å². The van der Waals surface area contributed by atoms with Gasteiger partial charge in [-0.15, -0.1) is 0 Å². The quantitative estimate of drug-likeness (QED) is 0.788. The van der Waals surface area contributed by atoms with Crippen molar-refractivity contribution in [3.8, 4) is 0 Å². The Morgan fingerprint density at radius 1 is 1.35 bits per heavy atom. The van der Waals surface area contributed by atoms with Gasteiger partial charge in [-0.25, -0.2) is 8.42 Å². The number of sulfone groups is 1. The normalized spacial score (nSPS) is 28.6. The maximum Gasteiger partial charge on any atom is 0.223 e. The van der Waals surface area contributed by atoms with Crippen molar-refractivity contribution in [2.45, 2.75) is 45.1 Å². The molecule has 0 aromatic carbocycles. The fourth-order valence-electron chi connectivity index (χ4n) is 3.11. The van der Waals surface area contributed by atoms with Crippen LogP contribution in [-0.2, 0) is 14.6 Å². The zero-order valence-corrected chi connectivity index (χ0v) is 13.1. The van der Waals surface area contributed by atoms with E-state index in [0.29, 0.717) is 25.3 Å². The molecule has 0 bridgehead atoms. The molecule has 2 heterocycles. The summed E-state index contributed by atoms with van der Waals surface area (Å²) in [7, 11) is -2.93. The smallest absolute Gasteiger partial charge is 0.223 e. The van der Waals surface area contributed by atoms with Crippen LogP contribution in [-0.4, -0.2) is 56.4 Å². The van der Waals surface area contributed by atoms with Crippen LogP contribution in [0.4, 0.5) is 0 Å². The topological polar surface area (TPSA) is 66.5 Å². The Balaban J connectivity index is 1.96. The summed E-state index contributed by atoms with van der Waals surface area (Å²) in [5.41, 5.74) is 0. The molecule has 0 radical (unpaired) electrons. The van der Waals surface area contributed by atoms with Gasteiger partial charge in [0.1, 0.15) is 0 Å². The second-order valence-corrected chi connectivity index (χ2v) is 8.29. The Kier molecular flexibility index (Phi) is 5.43. The SMILES string of the molecule is CCCCN(C(=O)CC1CCNC1)C1CCS(=O)(=O)C1. The molecule has 6 heteroatoms. The lowest BCUT2D eigenvalue weighted by Crippen LogP contribution is -2.42. The Hall–Kier alpha value is -0.620. The van der Waals surface area contributed by atoms with Gasteiger partial charge in [0, 0.05) is 19.0 Å². The molecule has 0 saturated carbocycles. The van der Waals surface area contributed by atoms with Crippen LogP contribution < -0.4 is 5.32 Å². The summed E-state index contributed by atoms with van der Waals surface area (Å²) in [6, 6.07) is -0.0894. The molecule has 2 unspecified atom stereocenters. The Labute approximate surface area is 122 Å². The molecule has 2 fully saturated rings. The van der Waals surface area contributed by atoms with E-state index in [1.165, 1.54) is 0 Å². The number of nitrogens with zero attached hydrogens (tertiary/aromatic N) is 1. The first-order valence-electron chi connectivity index (χ1n) is 7.72. The van der Waals surface area contributed by atoms with Crippen LogP contribution >= 0.6 is 0 Å². The molecule has 1 N–H and O–H groups in total. The molecule has 2 aliphatic heterocycles. The van der Waals surface area contributed by atoms with Gasteiger partial charge < -0.3 is 10.2 Å². The van der Waals surface area contributed by atoms with E-state index in [1.54, 1.807) is 0 Å². The highest BCUT2D eigenvalue weighted by molar-refractivity contribution is 7.91. The van der Waals surface area contributed by atoms with Crippen molar-refractivity contribution in [3.05, 3.63) is 0 Å². The van der Waals surface area contributed by atoms with Crippen LogP contribution in [0.25, 0.3) is 0 Å². The summed E-state index contributed by atoms with van der Waals surface area (Å²) in [4.78, 5) is 14.4. The summed E-state index contributed by atoms with van der Waals surface area (Å²) in [5.74, 6) is 0.961. The van der Waals surface area contributed by atoms with E-state index in [4.69, 9.17) is 0 Å². The second-order valence-electron chi connectivity index (χ2n) is 6.06. The number of amides is 1. The molecule has 20 heavy (non-hydrogen) atoms. The van der Waals surface area contributed by atoms with E-state index in [1.807, 2.05) is 4.90 Å². The lowest BCUT2D eigenvalue weighted by atomic mass is 10.0. The van der Waals surface area contributed by atoms with Crippen LogP contribution in [0.2, 0.25) is 0 Å². The van der Waals surface area contributed by atoms with Crippen molar-refractivity contribution in [1.29, 1.82) is 0 Å². The van der Waals surface area contributed by atoms with Crippen LogP contribution in [0.15, 0.2) is 0 Å². The summed E-state index contributed by atoms with van der Waals surface area (Å²) in [6.45, 7) is 4.70. The van der Waals surface area contributed by atoms with Gasteiger partial charge in [-0.05, 0) is 38.3 Å². The monoisotopic (exact) mass is 302 g/mol. The number of carbonyl (C=O) groups is 1. The molecule has 1 amide bonds. The lowest BCUT2D eigenvalue weighted by molar-refractivity contribution is -0.134. The molecule has 116 valence electrons. The van der Waals surface area contributed by atoms with Gasteiger partial charge in [-0.3, -0.25) is 4.79 Å². The van der Waals surface area contributed by atoms with Crippen LogP contribution in [0.1, 0.15) is 39.0 Å². The number of nitrogens with one attached hydrogen (secondary N) is 1. The molecule has 0 spiro atoms. The van der Waals surface area contributed by atoms with Crippen molar-refractivity contribution in [1.82, 2.24) is 10.2 Å². The summed E-state index contributed by atoms with van der Waals surface area (Å²) >= 11 is 0. The molecular weight excluding hydrogens is 276 g/mol. The standard InChI is InChI=1S/C14H26N2O3S/c1-2-3-7-16(13-5-8-20(18,19)11-13)14(17)9-12-4-6-15-10-12/h12-13,15H,2-11H2,1H3. The average Bonchev–Trinajstić information content (AvgIpc) is 3.00. The van der Waals surface area contributed by atoms with Gasteiger partial charge in [-0.1, -0.05) is 13.3 Å². The molecule has 2 aliphatic rings. The van der Waals surface area contributed by atoms with Crippen molar-refractivity contribution >= 4 is 15.7 Å². The Bertz CT molecular complexity index is 430. The van der Waals surface area contributed by atoms with Crippen LogP contribution in [0.5, 0.6) is 0 Å². The zero-order valence-electron chi connectivity index (χ0n) is 12.3. The highest BCUT2D eigenvalue weighted by Gasteiger charge is 2.35. The molecule has 2 atom stereocenters. The minimum atomic E-state index is -2.93. The predicted molar refractivity (Wildman–Crippen MR) is 79.3 cm³/mol. The number of hydrogen-bond donors (Lipinski definition) is 1. The molecule has 5 nitrogen and oxygen atoms in total. The molecule has 0 aromatic heterocycles. The van der Waals surface area contributed by atoms with Gasteiger partial charge >= 0.3 is 0 Å². The predicted octanol–water partition coefficient (Wildman–Crippen LogP) is 0.802. The fraction of sp³-hybridized carbons (Fsp3) is 0.929. The maximum atomic E-state index is 12.5. The number of carbonyl (C=O) groups excluding carboxylic acids is 1. The van der Waals surface area contributed by atoms with E-state index < -0.39 is 9.84 Å². The van der Waals surface area contributed by atoms with Gasteiger partial charge in [0.15, 0.2) is 9.84 Å². The molecule has 2 rings (SSSR count). The average molecular weight is 302 g/mol. The van der Waals surface area contributed by atoms with Crippen molar-refractivity contribution < 1.29 is 13.2 Å². The Morgan fingerprint density at radius 2 is 2.15 bits per heavy atom. The van der Waals surface area contributed by atoms with E-state index in [0.717, 1.165) is 32.4 Å². The third-order valence-electron chi connectivity index (χ3n) is 4.35. The first kappa shape index (κ1) is 15.8. The second kappa shape index (κ2) is 6.89. The third-order valence-corrected chi connectivity index (χ3v) is 6.10. The zero-order chi connectivity index (χ0) is 14.6. The minimum Gasteiger partial charge on any atom is -0.339 e. The maximum absolute atomic E-state index is 12.5. The number of unbranched alkanes of at least 4 members (excludes halogenated alkanes) is 1. The van der Waals surface area contributed by atoms with Gasteiger partial charge in [0.05, 0.1) is 11.5 Å². The summed E-state index contributed by atoms with van der Waals surface area (Å²) in [6.07, 6.45) is 4.20. The van der Waals surface area contributed by atoms with Crippen molar-refractivity contribution in [2.24, 2.45) is 5.92 Å². The first-order chi connectivity index (χ1) is 9.52. The molecule has 0 aliphatic carbocycles. The lowest BCUT2D eigenvalue weighted by Gasteiger charge is -2.29. The highest BCUT2D eigenvalue weighted by atomic mass is 32.2. The van der Waals surface area contributed by atoms with E-state index in [9.17, 15) is 13.2 Å². The van der Waals surface area contributed by atoms with Gasteiger partial charge in [0.25, 0.3) is 0 Å². The molecular formula is C14H26N2O3S. The summed E-state index contributed by atoms with van der Waals surface area (Å²) in [5, 5.41) is 3.28. The number of hydrogen-bond acceptors (Lipinski definition) is 4. The summed E-state index contributed by atoms with van der Waals surface area (Å²) < 4.78 is 23.3. The molecule has 0 aromatic rings. The highest BCUT2D eigenvalue weighted by Crippen LogP contribution is 2.21. The minimum absolute atomic E-state index is 0.0894. The van der Waals surface area contributed by atoms with Crippen LogP contribution in [0, 0.1) is 5.92 Å². The Morgan fingerprint density at radius 3 is 2.70 bits per heavy atom. The number of rotatable bonds is 6. The first-order valence-corrected chi connectivity index (χ1v) is 9.54. The van der Waals surface area contributed by atoms with Crippen LogP contribution in [0.3, 0.4) is 0 Å². The van der Waals surface area contributed by atoms with Gasteiger partial charge in [0.2, 0.25) is 5.91 Å². The van der Waals surface area contributed by atoms with E-state index in [2.05, 4.69) is 12.2 Å². The van der Waals surface area contributed by atoms with Gasteiger partial charge in [-0.2, -0.15) is 0 Å². The van der Waals surface area contributed by atoms with Crippen molar-refractivity contribution in [2.75, 3.05) is 31.1 Å². The largest absolute Gasteiger partial charge is 0.339 e. The third kappa shape index (κ3) is 4.19. The van der Waals surface area contributed by atoms with Crippen molar-refractivity contribution in [3.63, 3.8) is 0 Å².